The van der Waals surface area contributed by atoms with Gasteiger partial charge >= 0.3 is 29.6 Å². The Bertz CT molecular complexity index is 32.2. The van der Waals surface area contributed by atoms with Crippen LogP contribution in [-0.4, -0.2) is 11.7 Å². The summed E-state index contributed by atoms with van der Waals surface area (Å²) in [7, 11) is 0. The third kappa shape index (κ3) is 10.0. The first kappa shape index (κ1) is 11.7. The third-order valence-electron chi connectivity index (χ3n) is 1.01. The average molecular weight is 126 g/mol. The summed E-state index contributed by atoms with van der Waals surface area (Å²) in [6.07, 6.45) is 4.68. The maximum atomic E-state index is 8.29. The number of unbranched alkanes of at least 4 members (excludes halogenated alkanes) is 3. The second kappa shape index (κ2) is 10.9. The van der Waals surface area contributed by atoms with Gasteiger partial charge in [0, 0.05) is 6.61 Å². The largest absolute Gasteiger partial charge is 1.00 e. The van der Waals surface area contributed by atoms with Crippen molar-refractivity contribution < 1.29 is 36.1 Å². The molecule has 0 aliphatic carbocycles. The molecular weight excluding hydrogens is 111 g/mol. The van der Waals surface area contributed by atoms with Gasteiger partial charge in [-0.1, -0.05) is 26.2 Å². The molecule has 0 bridgehead atoms. The number of aliphatic hydroxyl groups is 1. The molecule has 0 amide bonds. The number of hydrogen-bond donors (Lipinski definition) is 1. The normalized spacial score (nSPS) is 8.25. The molecule has 0 saturated heterocycles. The van der Waals surface area contributed by atoms with Crippen molar-refractivity contribution in [1.29, 1.82) is 0 Å². The third-order valence-corrected chi connectivity index (χ3v) is 1.01. The minimum atomic E-state index is 0. The van der Waals surface area contributed by atoms with Crippen molar-refractivity contribution in [3.05, 3.63) is 0 Å². The fourth-order valence-electron chi connectivity index (χ4n) is 0.539. The van der Waals surface area contributed by atoms with E-state index in [1.807, 2.05) is 0 Å². The minimum absolute atomic E-state index is 0. The second-order valence-corrected chi connectivity index (χ2v) is 1.78. The molecule has 0 aromatic rings. The van der Waals surface area contributed by atoms with Crippen molar-refractivity contribution in [3.63, 3.8) is 0 Å². The van der Waals surface area contributed by atoms with E-state index in [2.05, 4.69) is 6.92 Å². The van der Waals surface area contributed by atoms with Crippen LogP contribution in [0.5, 0.6) is 0 Å². The van der Waals surface area contributed by atoms with Crippen molar-refractivity contribution in [3.8, 4) is 0 Å². The molecule has 0 heterocycles. The zero-order chi connectivity index (χ0) is 5.54. The summed E-state index contributed by atoms with van der Waals surface area (Å²) in [6.45, 7) is 2.53. The van der Waals surface area contributed by atoms with Gasteiger partial charge in [0.15, 0.2) is 0 Å². The van der Waals surface area contributed by atoms with Crippen molar-refractivity contribution in [1.82, 2.24) is 0 Å². The molecule has 0 aliphatic rings. The van der Waals surface area contributed by atoms with Crippen LogP contribution < -0.4 is 29.6 Å². The van der Waals surface area contributed by atoms with Crippen LogP contribution in [0.1, 0.15) is 34.0 Å². The van der Waals surface area contributed by atoms with Gasteiger partial charge in [0.2, 0.25) is 0 Å². The Balaban J connectivity index is -0.000000180. The van der Waals surface area contributed by atoms with Crippen molar-refractivity contribution in [2.75, 3.05) is 6.61 Å². The van der Waals surface area contributed by atoms with Gasteiger partial charge in [-0.15, -0.1) is 0 Å². The van der Waals surface area contributed by atoms with E-state index in [1.54, 1.807) is 0 Å². The molecular formula is C6H15NaO. The van der Waals surface area contributed by atoms with Crippen molar-refractivity contribution in [2.24, 2.45) is 0 Å². The van der Waals surface area contributed by atoms with Crippen LogP contribution in [0.3, 0.4) is 0 Å². The fraction of sp³-hybridized carbons (Fsp3) is 1.00. The smallest absolute Gasteiger partial charge is 1.00 e. The summed E-state index contributed by atoms with van der Waals surface area (Å²) in [4.78, 5) is 0. The quantitative estimate of drug-likeness (QED) is 0.366. The Hall–Kier alpha value is 0.960. The Morgan fingerprint density at radius 1 is 1.25 bits per heavy atom. The standard InChI is InChI=1S/C6H14O.Na.H/c1-2-3-4-5-6-7;;/h7H,2-6H2,1H3;;/q;+1;-1. The van der Waals surface area contributed by atoms with Crippen LogP contribution in [-0.2, 0) is 0 Å². The van der Waals surface area contributed by atoms with Crippen LogP contribution in [0, 0.1) is 0 Å². The molecule has 1 N–H and O–H groups in total. The fourth-order valence-corrected chi connectivity index (χ4v) is 0.539. The van der Waals surface area contributed by atoms with Crippen molar-refractivity contribution >= 4 is 0 Å². The maximum Gasteiger partial charge on any atom is 1.00 e. The predicted molar refractivity (Wildman–Crippen MR) is 32.3 cm³/mol. The first-order valence-electron chi connectivity index (χ1n) is 3.02. The van der Waals surface area contributed by atoms with Gasteiger partial charge in [-0.3, -0.25) is 0 Å². The molecule has 0 aliphatic heterocycles. The topological polar surface area (TPSA) is 20.2 Å². The summed E-state index contributed by atoms with van der Waals surface area (Å²) in [6, 6.07) is 0. The summed E-state index contributed by atoms with van der Waals surface area (Å²) < 4.78 is 0. The van der Waals surface area contributed by atoms with E-state index in [1.165, 1.54) is 19.3 Å². The Labute approximate surface area is 75.3 Å². The minimum Gasteiger partial charge on any atom is -1.00 e. The van der Waals surface area contributed by atoms with Gasteiger partial charge < -0.3 is 6.53 Å². The van der Waals surface area contributed by atoms with Crippen LogP contribution in [0.15, 0.2) is 0 Å². The number of aliphatic hydroxyl groups excluding tert-OH is 1. The molecule has 1 nitrogen and oxygen atoms in total. The van der Waals surface area contributed by atoms with Crippen LogP contribution in [0.2, 0.25) is 0 Å². The van der Waals surface area contributed by atoms with Gasteiger partial charge in [0.05, 0.1) is 0 Å². The van der Waals surface area contributed by atoms with Crippen molar-refractivity contribution in [2.45, 2.75) is 32.6 Å². The SMILES string of the molecule is CCCCCCO.[H-].[Na+]. The molecule has 0 saturated carbocycles. The van der Waals surface area contributed by atoms with Gasteiger partial charge in [-0.2, -0.15) is 0 Å². The second-order valence-electron chi connectivity index (χ2n) is 1.78. The summed E-state index contributed by atoms with van der Waals surface area (Å²) in [5, 5.41) is 8.29. The predicted octanol–water partition coefficient (Wildman–Crippen LogP) is -1.32. The first-order chi connectivity index (χ1) is 3.41. The summed E-state index contributed by atoms with van der Waals surface area (Å²) in [5.74, 6) is 0. The zero-order valence-corrected chi connectivity index (χ0v) is 7.98. The number of hydrogen-bond acceptors (Lipinski definition) is 1. The van der Waals surface area contributed by atoms with Crippen LogP contribution >= 0.6 is 0 Å². The van der Waals surface area contributed by atoms with Gasteiger partial charge in [-0.05, 0) is 6.42 Å². The zero-order valence-electron chi connectivity index (χ0n) is 6.98. The molecule has 0 fully saturated rings. The van der Waals surface area contributed by atoms with E-state index < -0.39 is 0 Å². The van der Waals surface area contributed by atoms with Gasteiger partial charge in [-0.25, -0.2) is 0 Å². The molecule has 0 atom stereocenters. The Morgan fingerprint density at radius 2 is 1.88 bits per heavy atom. The molecule has 2 heteroatoms. The monoisotopic (exact) mass is 126 g/mol. The van der Waals surface area contributed by atoms with Crippen LogP contribution in [0.25, 0.3) is 0 Å². The molecule has 0 aromatic heterocycles. The van der Waals surface area contributed by atoms with Gasteiger partial charge in [0.25, 0.3) is 0 Å². The molecule has 0 rings (SSSR count). The van der Waals surface area contributed by atoms with E-state index in [4.69, 9.17) is 5.11 Å². The van der Waals surface area contributed by atoms with Gasteiger partial charge in [0.1, 0.15) is 0 Å². The van der Waals surface area contributed by atoms with E-state index >= 15 is 0 Å². The van der Waals surface area contributed by atoms with E-state index in [0.717, 1.165) is 6.42 Å². The van der Waals surface area contributed by atoms with E-state index in [-0.39, 0.29) is 31.0 Å². The molecule has 0 aromatic carbocycles. The Morgan fingerprint density at radius 3 is 2.25 bits per heavy atom. The van der Waals surface area contributed by atoms with E-state index in [0.29, 0.717) is 6.61 Å². The van der Waals surface area contributed by atoms with Crippen LogP contribution in [0.4, 0.5) is 0 Å². The molecule has 0 radical (unpaired) electrons. The maximum absolute atomic E-state index is 8.29. The first-order valence-corrected chi connectivity index (χ1v) is 3.02. The molecule has 8 heavy (non-hydrogen) atoms. The summed E-state index contributed by atoms with van der Waals surface area (Å²) in [5.41, 5.74) is 0. The van der Waals surface area contributed by atoms with E-state index in [9.17, 15) is 0 Å². The molecule has 46 valence electrons. The molecule has 0 unspecified atom stereocenters. The average Bonchev–Trinajstić information content (AvgIpc) is 1.69. The molecule has 0 spiro atoms. The Kier molecular flexibility index (Phi) is 15.9. The number of rotatable bonds is 4. The summed E-state index contributed by atoms with van der Waals surface area (Å²) >= 11 is 0.